The van der Waals surface area contributed by atoms with Gasteiger partial charge in [-0.3, -0.25) is 0 Å². The van der Waals surface area contributed by atoms with Crippen molar-refractivity contribution < 1.29 is 5.11 Å². The lowest BCUT2D eigenvalue weighted by Crippen LogP contribution is -2.00. The van der Waals surface area contributed by atoms with Crippen molar-refractivity contribution in [2.45, 2.75) is 12.5 Å². The van der Waals surface area contributed by atoms with Crippen molar-refractivity contribution >= 4 is 37.4 Å². The minimum Gasteiger partial charge on any atom is -0.388 e. The first kappa shape index (κ1) is 12.9. The molecule has 1 nitrogen and oxygen atoms in total. The summed E-state index contributed by atoms with van der Waals surface area (Å²) in [5.41, 5.74) is 2.16. The third-order valence-corrected chi connectivity index (χ3v) is 4.66. The highest BCUT2D eigenvalue weighted by Crippen LogP contribution is 2.31. The van der Waals surface area contributed by atoms with E-state index in [0.717, 1.165) is 21.0 Å². The Hall–Kier alpha value is -1.16. The maximum Gasteiger partial charge on any atom is 0.0844 e. The largest absolute Gasteiger partial charge is 0.388 e. The average molecular weight is 333 g/mol. The number of hydrogen-bond acceptors (Lipinski definition) is 2. The molecule has 0 aliphatic rings. The highest BCUT2D eigenvalue weighted by molar-refractivity contribution is 9.10. The molecular weight excluding hydrogens is 320 g/mol. The van der Waals surface area contributed by atoms with Gasteiger partial charge in [0, 0.05) is 15.6 Å². The summed E-state index contributed by atoms with van der Waals surface area (Å²) in [4.78, 5) is 0. The molecule has 0 fully saturated rings. The molecule has 0 spiro atoms. The third-order valence-electron chi connectivity index (χ3n) is 3.19. The highest BCUT2D eigenvalue weighted by atomic mass is 79.9. The molecule has 1 heterocycles. The van der Waals surface area contributed by atoms with Gasteiger partial charge in [-0.05, 0) is 40.1 Å². The van der Waals surface area contributed by atoms with Crippen LogP contribution in [0.25, 0.3) is 10.1 Å². The maximum atomic E-state index is 10.4. The zero-order valence-electron chi connectivity index (χ0n) is 10.2. The summed E-state index contributed by atoms with van der Waals surface area (Å²) in [6.45, 7) is 0. The number of aliphatic hydroxyl groups excluding tert-OH is 1. The fraction of sp³-hybridized carbons (Fsp3) is 0.125. The van der Waals surface area contributed by atoms with Gasteiger partial charge in [0.1, 0.15) is 0 Å². The molecule has 0 saturated carbocycles. The lowest BCUT2D eigenvalue weighted by atomic mass is 10.0. The quantitative estimate of drug-likeness (QED) is 0.720. The standard InChI is InChI=1S/C16H13BrOS/c17-12-5-3-4-11(8-12)9-15(18)14-10-19-16-7-2-1-6-13(14)16/h1-8,10,15,18H,9H2. The van der Waals surface area contributed by atoms with Crippen LogP contribution in [0, 0.1) is 0 Å². The zero-order valence-corrected chi connectivity index (χ0v) is 12.6. The molecule has 1 N–H and O–H groups in total. The van der Waals surface area contributed by atoms with E-state index in [-0.39, 0.29) is 0 Å². The molecule has 19 heavy (non-hydrogen) atoms. The monoisotopic (exact) mass is 332 g/mol. The Labute approximate surface area is 124 Å². The van der Waals surface area contributed by atoms with Gasteiger partial charge >= 0.3 is 0 Å². The van der Waals surface area contributed by atoms with Crippen LogP contribution in [0.2, 0.25) is 0 Å². The molecular formula is C16H13BrOS. The van der Waals surface area contributed by atoms with Crippen molar-refractivity contribution in [2.24, 2.45) is 0 Å². The van der Waals surface area contributed by atoms with Crippen molar-refractivity contribution in [3.8, 4) is 0 Å². The number of benzene rings is 2. The molecule has 0 saturated heterocycles. The van der Waals surface area contributed by atoms with Crippen LogP contribution >= 0.6 is 27.3 Å². The van der Waals surface area contributed by atoms with Gasteiger partial charge in [-0.25, -0.2) is 0 Å². The summed E-state index contributed by atoms with van der Waals surface area (Å²) in [6.07, 6.45) is 0.186. The molecule has 1 unspecified atom stereocenters. The Bertz CT molecular complexity index is 705. The first-order valence-corrected chi connectivity index (χ1v) is 7.80. The van der Waals surface area contributed by atoms with Crippen LogP contribution in [-0.2, 0) is 6.42 Å². The second kappa shape index (κ2) is 5.45. The fourth-order valence-electron chi connectivity index (χ4n) is 2.25. The van der Waals surface area contributed by atoms with Crippen molar-refractivity contribution in [1.82, 2.24) is 0 Å². The molecule has 2 aromatic carbocycles. The van der Waals surface area contributed by atoms with E-state index in [2.05, 4.69) is 39.5 Å². The summed E-state index contributed by atoms with van der Waals surface area (Å²) in [5, 5.41) is 13.7. The molecule has 96 valence electrons. The van der Waals surface area contributed by atoms with E-state index in [4.69, 9.17) is 0 Å². The number of aliphatic hydroxyl groups is 1. The maximum absolute atomic E-state index is 10.4. The summed E-state index contributed by atoms with van der Waals surface area (Å²) < 4.78 is 2.28. The Balaban J connectivity index is 1.90. The number of fused-ring (bicyclic) bond motifs is 1. The number of halogens is 1. The molecule has 0 amide bonds. The smallest absolute Gasteiger partial charge is 0.0844 e. The van der Waals surface area contributed by atoms with Crippen LogP contribution in [0.15, 0.2) is 58.4 Å². The van der Waals surface area contributed by atoms with Gasteiger partial charge in [0.05, 0.1) is 6.10 Å². The number of hydrogen-bond donors (Lipinski definition) is 1. The molecule has 0 bridgehead atoms. The second-order valence-electron chi connectivity index (χ2n) is 4.54. The van der Waals surface area contributed by atoms with Crippen LogP contribution in [0.5, 0.6) is 0 Å². The van der Waals surface area contributed by atoms with E-state index in [0.29, 0.717) is 6.42 Å². The van der Waals surface area contributed by atoms with Gasteiger partial charge in [0.2, 0.25) is 0 Å². The minimum absolute atomic E-state index is 0.453. The van der Waals surface area contributed by atoms with Crippen LogP contribution in [0.3, 0.4) is 0 Å². The van der Waals surface area contributed by atoms with Gasteiger partial charge in [-0.2, -0.15) is 0 Å². The molecule has 3 rings (SSSR count). The predicted molar refractivity (Wildman–Crippen MR) is 84.6 cm³/mol. The average Bonchev–Trinajstić information content (AvgIpc) is 2.82. The molecule has 0 aliphatic carbocycles. The zero-order chi connectivity index (χ0) is 13.2. The van der Waals surface area contributed by atoms with E-state index in [1.54, 1.807) is 11.3 Å². The minimum atomic E-state index is -0.453. The van der Waals surface area contributed by atoms with Gasteiger partial charge in [0.25, 0.3) is 0 Å². The van der Waals surface area contributed by atoms with Gasteiger partial charge < -0.3 is 5.11 Å². The van der Waals surface area contributed by atoms with Crippen molar-refractivity contribution in [3.63, 3.8) is 0 Å². The normalized spacial score (nSPS) is 12.7. The molecule has 3 aromatic rings. The first-order valence-electron chi connectivity index (χ1n) is 6.12. The van der Waals surface area contributed by atoms with E-state index in [1.807, 2.05) is 30.3 Å². The van der Waals surface area contributed by atoms with Crippen LogP contribution in [0.1, 0.15) is 17.2 Å². The SMILES string of the molecule is OC(Cc1cccc(Br)c1)c1csc2ccccc12. The van der Waals surface area contributed by atoms with Gasteiger partial charge in [-0.1, -0.05) is 46.3 Å². The summed E-state index contributed by atoms with van der Waals surface area (Å²) in [6, 6.07) is 16.3. The highest BCUT2D eigenvalue weighted by Gasteiger charge is 2.13. The summed E-state index contributed by atoms with van der Waals surface area (Å²) in [7, 11) is 0. The van der Waals surface area contributed by atoms with E-state index >= 15 is 0 Å². The second-order valence-corrected chi connectivity index (χ2v) is 6.36. The van der Waals surface area contributed by atoms with Crippen LogP contribution < -0.4 is 0 Å². The summed E-state index contributed by atoms with van der Waals surface area (Å²) in [5.74, 6) is 0. The van der Waals surface area contributed by atoms with Gasteiger partial charge in [-0.15, -0.1) is 11.3 Å². The van der Waals surface area contributed by atoms with Crippen molar-refractivity contribution in [2.75, 3.05) is 0 Å². The van der Waals surface area contributed by atoms with Crippen LogP contribution in [0.4, 0.5) is 0 Å². The molecule has 1 atom stereocenters. The lowest BCUT2D eigenvalue weighted by Gasteiger charge is -2.10. The third kappa shape index (κ3) is 2.73. The first-order chi connectivity index (χ1) is 9.24. The fourth-order valence-corrected chi connectivity index (χ4v) is 3.71. The van der Waals surface area contributed by atoms with E-state index in [9.17, 15) is 5.11 Å². The Kier molecular flexibility index (Phi) is 3.69. The predicted octanol–water partition coefficient (Wildman–Crippen LogP) is 4.94. The number of rotatable bonds is 3. The molecule has 1 aromatic heterocycles. The van der Waals surface area contributed by atoms with E-state index in [1.165, 1.54) is 4.70 Å². The topological polar surface area (TPSA) is 20.2 Å². The van der Waals surface area contributed by atoms with Gasteiger partial charge in [0.15, 0.2) is 0 Å². The van der Waals surface area contributed by atoms with Crippen molar-refractivity contribution in [3.05, 3.63) is 69.5 Å². The van der Waals surface area contributed by atoms with Crippen LogP contribution in [-0.4, -0.2) is 5.11 Å². The summed E-state index contributed by atoms with van der Waals surface area (Å²) >= 11 is 5.15. The van der Waals surface area contributed by atoms with Crippen molar-refractivity contribution in [1.29, 1.82) is 0 Å². The Morgan fingerprint density at radius 2 is 1.95 bits per heavy atom. The number of thiophene rings is 1. The Morgan fingerprint density at radius 1 is 1.11 bits per heavy atom. The molecule has 3 heteroatoms. The lowest BCUT2D eigenvalue weighted by molar-refractivity contribution is 0.180. The Morgan fingerprint density at radius 3 is 2.79 bits per heavy atom. The molecule has 0 radical (unpaired) electrons. The van der Waals surface area contributed by atoms with E-state index < -0.39 is 6.10 Å². The molecule has 0 aliphatic heterocycles.